The number of hydrogen-bond donors (Lipinski definition) is 2. The van der Waals surface area contributed by atoms with Crippen molar-refractivity contribution in [1.29, 1.82) is 0 Å². The van der Waals surface area contributed by atoms with Gasteiger partial charge in [-0.1, -0.05) is 6.92 Å². The Hall–Kier alpha value is -3.98. The van der Waals surface area contributed by atoms with Crippen molar-refractivity contribution in [2.45, 2.75) is 52.1 Å². The first kappa shape index (κ1) is 22.5. The lowest BCUT2D eigenvalue weighted by Gasteiger charge is -2.37. The van der Waals surface area contributed by atoms with Gasteiger partial charge < -0.3 is 20.0 Å². The molecule has 5 aromatic heterocycles. The van der Waals surface area contributed by atoms with Crippen molar-refractivity contribution in [3.05, 3.63) is 75.9 Å². The van der Waals surface area contributed by atoms with Gasteiger partial charge in [0.2, 0.25) is 0 Å². The predicted molar refractivity (Wildman–Crippen MR) is 139 cm³/mol. The molecule has 0 aromatic carbocycles. The molecule has 0 radical (unpaired) electrons. The van der Waals surface area contributed by atoms with E-state index < -0.39 is 0 Å². The van der Waals surface area contributed by atoms with Crippen LogP contribution in [0.2, 0.25) is 0 Å². The van der Waals surface area contributed by atoms with Gasteiger partial charge in [-0.3, -0.25) is 9.20 Å². The summed E-state index contributed by atoms with van der Waals surface area (Å²) in [5.41, 5.74) is 12.8. The maximum atomic E-state index is 13.9. The highest BCUT2D eigenvalue weighted by Crippen LogP contribution is 2.38. The van der Waals surface area contributed by atoms with Gasteiger partial charge >= 0.3 is 0 Å². The molecule has 0 spiro atoms. The van der Waals surface area contributed by atoms with Crippen LogP contribution in [0.5, 0.6) is 0 Å². The Kier molecular flexibility index (Phi) is 5.56. The summed E-state index contributed by atoms with van der Waals surface area (Å²) in [6.07, 6.45) is 9.25. The number of furan rings is 1. The van der Waals surface area contributed by atoms with E-state index in [1.54, 1.807) is 16.9 Å². The second-order valence-corrected chi connectivity index (χ2v) is 9.37. The van der Waals surface area contributed by atoms with Crippen LogP contribution in [0.1, 0.15) is 48.8 Å². The molecule has 3 N–H and O–H groups in total. The quantitative estimate of drug-likeness (QED) is 0.388. The minimum absolute atomic E-state index is 0.103. The van der Waals surface area contributed by atoms with Crippen LogP contribution >= 0.6 is 0 Å². The number of aromatic amines is 1. The third-order valence-electron chi connectivity index (χ3n) is 7.12. The van der Waals surface area contributed by atoms with E-state index in [9.17, 15) is 4.79 Å². The highest BCUT2D eigenvalue weighted by atomic mass is 16.3. The SMILES string of the molecule is CCc1c(N2CCCCC2N)c(-c2nc3ncccc3[nH]2)cn2c(=O)c(Cc3ccco3)c(C)nc12. The summed E-state index contributed by atoms with van der Waals surface area (Å²) in [7, 11) is 0. The minimum Gasteiger partial charge on any atom is -0.469 e. The topological polar surface area (TPSA) is 118 Å². The number of anilines is 1. The summed E-state index contributed by atoms with van der Waals surface area (Å²) in [6, 6.07) is 7.53. The second kappa shape index (κ2) is 8.91. The van der Waals surface area contributed by atoms with E-state index >= 15 is 0 Å². The van der Waals surface area contributed by atoms with Crippen molar-refractivity contribution >= 4 is 22.5 Å². The van der Waals surface area contributed by atoms with E-state index in [-0.39, 0.29) is 11.7 Å². The number of nitrogens with zero attached hydrogens (tertiary/aromatic N) is 5. The summed E-state index contributed by atoms with van der Waals surface area (Å²) >= 11 is 0. The Morgan fingerprint density at radius 1 is 1.19 bits per heavy atom. The molecular weight excluding hydrogens is 454 g/mol. The summed E-state index contributed by atoms with van der Waals surface area (Å²) in [6.45, 7) is 4.83. The molecule has 5 aromatic rings. The van der Waals surface area contributed by atoms with Crippen molar-refractivity contribution in [2.75, 3.05) is 11.4 Å². The third-order valence-corrected chi connectivity index (χ3v) is 7.12. The number of aromatic nitrogens is 5. The van der Waals surface area contributed by atoms with E-state index in [4.69, 9.17) is 20.1 Å². The monoisotopic (exact) mass is 483 g/mol. The van der Waals surface area contributed by atoms with Crippen LogP contribution < -0.4 is 16.2 Å². The number of imidazole rings is 1. The highest BCUT2D eigenvalue weighted by molar-refractivity contribution is 5.85. The number of aryl methyl sites for hydroxylation is 2. The Labute approximate surface area is 208 Å². The van der Waals surface area contributed by atoms with Crippen molar-refractivity contribution in [2.24, 2.45) is 5.73 Å². The first-order valence-corrected chi connectivity index (χ1v) is 12.5. The number of nitrogens with two attached hydrogens (primary N) is 1. The van der Waals surface area contributed by atoms with Crippen LogP contribution in [0.15, 0.2) is 52.1 Å². The number of piperidine rings is 1. The van der Waals surface area contributed by atoms with Crippen LogP contribution in [-0.2, 0) is 12.8 Å². The molecule has 1 aliphatic heterocycles. The molecule has 9 heteroatoms. The zero-order valence-corrected chi connectivity index (χ0v) is 20.5. The first-order chi connectivity index (χ1) is 17.5. The van der Waals surface area contributed by atoms with Gasteiger partial charge in [0, 0.05) is 42.2 Å². The molecule has 0 aliphatic carbocycles. The average Bonchev–Trinajstić information content (AvgIpc) is 3.56. The van der Waals surface area contributed by atoms with Crippen molar-refractivity contribution in [1.82, 2.24) is 24.3 Å². The van der Waals surface area contributed by atoms with Crippen LogP contribution in [0.25, 0.3) is 28.2 Å². The Bertz CT molecular complexity index is 1580. The lowest BCUT2D eigenvalue weighted by atomic mass is 10.0. The van der Waals surface area contributed by atoms with Gasteiger partial charge in [-0.2, -0.15) is 0 Å². The zero-order chi connectivity index (χ0) is 24.8. The molecule has 1 atom stereocenters. The van der Waals surface area contributed by atoms with Crippen LogP contribution in [-0.4, -0.2) is 37.0 Å². The van der Waals surface area contributed by atoms with Gasteiger partial charge in [0.05, 0.1) is 29.2 Å². The number of rotatable bonds is 5. The Morgan fingerprint density at radius 2 is 2.08 bits per heavy atom. The predicted octanol–water partition coefficient (Wildman–Crippen LogP) is 3.96. The molecule has 0 saturated carbocycles. The number of fused-ring (bicyclic) bond motifs is 2. The molecule has 9 nitrogen and oxygen atoms in total. The van der Waals surface area contributed by atoms with Crippen molar-refractivity contribution < 1.29 is 4.42 Å². The van der Waals surface area contributed by atoms with Gasteiger partial charge in [-0.05, 0) is 56.9 Å². The molecule has 36 heavy (non-hydrogen) atoms. The number of nitrogens with one attached hydrogen (secondary N) is 1. The molecule has 6 rings (SSSR count). The van der Waals surface area contributed by atoms with Crippen molar-refractivity contribution in [3.8, 4) is 11.4 Å². The normalized spacial score (nSPS) is 16.3. The second-order valence-electron chi connectivity index (χ2n) is 9.37. The third kappa shape index (κ3) is 3.67. The van der Waals surface area contributed by atoms with Gasteiger partial charge in [0.1, 0.15) is 17.2 Å². The fraction of sp³-hybridized carbons (Fsp3) is 0.333. The molecule has 1 aliphatic rings. The van der Waals surface area contributed by atoms with Crippen LogP contribution in [0, 0.1) is 6.92 Å². The molecule has 1 fully saturated rings. The Balaban J connectivity index is 1.65. The van der Waals surface area contributed by atoms with Crippen LogP contribution in [0.3, 0.4) is 0 Å². The largest absolute Gasteiger partial charge is 0.469 e. The van der Waals surface area contributed by atoms with E-state index in [1.165, 1.54) is 0 Å². The standard InChI is InChI=1S/C27H29N7O2/c1-3-18-23(33-12-5-4-10-22(33)28)20(24-31-21-9-6-11-29-25(21)32-24)15-34-26(18)30-16(2)19(27(34)35)14-17-8-7-13-36-17/h6-9,11,13,15,22H,3-5,10,12,14,28H2,1-2H3,(H,29,31,32). The number of H-pyrrole nitrogens is 1. The molecule has 184 valence electrons. The smallest absolute Gasteiger partial charge is 0.261 e. The summed E-state index contributed by atoms with van der Waals surface area (Å²) < 4.78 is 7.19. The van der Waals surface area contributed by atoms with Crippen molar-refractivity contribution in [3.63, 3.8) is 0 Å². The van der Waals surface area contributed by atoms with Gasteiger partial charge in [-0.15, -0.1) is 0 Å². The van der Waals surface area contributed by atoms with E-state index in [2.05, 4.69) is 21.8 Å². The average molecular weight is 484 g/mol. The summed E-state index contributed by atoms with van der Waals surface area (Å²) in [4.78, 5) is 33.7. The van der Waals surface area contributed by atoms with Gasteiger partial charge in [0.15, 0.2) is 5.65 Å². The van der Waals surface area contributed by atoms with Gasteiger partial charge in [0.25, 0.3) is 5.56 Å². The molecule has 0 bridgehead atoms. The maximum Gasteiger partial charge on any atom is 0.261 e. The summed E-state index contributed by atoms with van der Waals surface area (Å²) in [5.74, 6) is 1.39. The highest BCUT2D eigenvalue weighted by Gasteiger charge is 2.28. The fourth-order valence-electron chi connectivity index (χ4n) is 5.29. The lowest BCUT2D eigenvalue weighted by Crippen LogP contribution is -2.46. The van der Waals surface area contributed by atoms with E-state index in [0.29, 0.717) is 41.2 Å². The Morgan fingerprint density at radius 3 is 2.83 bits per heavy atom. The maximum absolute atomic E-state index is 13.9. The minimum atomic E-state index is -0.112. The molecule has 1 unspecified atom stereocenters. The molecule has 1 saturated heterocycles. The first-order valence-electron chi connectivity index (χ1n) is 12.5. The lowest BCUT2D eigenvalue weighted by molar-refractivity contribution is 0.469. The van der Waals surface area contributed by atoms with E-state index in [1.807, 2.05) is 37.4 Å². The molecule has 0 amide bonds. The van der Waals surface area contributed by atoms with E-state index in [0.717, 1.165) is 53.9 Å². The molecular formula is C27H29N7O2. The summed E-state index contributed by atoms with van der Waals surface area (Å²) in [5, 5.41) is 0. The molecule has 6 heterocycles. The number of hydrogen-bond acceptors (Lipinski definition) is 7. The zero-order valence-electron chi connectivity index (χ0n) is 20.5. The van der Waals surface area contributed by atoms with Gasteiger partial charge in [-0.25, -0.2) is 15.0 Å². The number of pyridine rings is 2. The van der Waals surface area contributed by atoms with Crippen LogP contribution in [0.4, 0.5) is 5.69 Å². The fourth-order valence-corrected chi connectivity index (χ4v) is 5.29.